The van der Waals surface area contributed by atoms with Gasteiger partial charge in [-0.25, -0.2) is 4.79 Å². The SMILES string of the molecule is O=C1NC(=O)/C(=C\c2ccc(OC[C@@H]3CCCN3C(=O)OCc3ccccc3)cc2)S1. The minimum Gasteiger partial charge on any atom is -0.491 e. The van der Waals surface area contributed by atoms with Crippen molar-refractivity contribution in [2.45, 2.75) is 25.5 Å². The Labute approximate surface area is 184 Å². The van der Waals surface area contributed by atoms with E-state index in [1.54, 1.807) is 23.1 Å². The van der Waals surface area contributed by atoms with Crippen LogP contribution in [0.3, 0.4) is 0 Å². The molecule has 1 N–H and O–H groups in total. The lowest BCUT2D eigenvalue weighted by atomic mass is 10.2. The highest BCUT2D eigenvalue weighted by Gasteiger charge is 2.30. The molecule has 0 aromatic heterocycles. The number of benzene rings is 2. The first-order chi connectivity index (χ1) is 15.1. The molecule has 2 aromatic carbocycles. The fourth-order valence-electron chi connectivity index (χ4n) is 3.48. The first kappa shape index (κ1) is 21.0. The van der Waals surface area contributed by atoms with E-state index in [-0.39, 0.29) is 29.9 Å². The number of likely N-dealkylation sites (tertiary alicyclic amines) is 1. The van der Waals surface area contributed by atoms with Gasteiger partial charge in [-0.15, -0.1) is 0 Å². The van der Waals surface area contributed by atoms with E-state index in [2.05, 4.69) is 5.32 Å². The normalized spacial score (nSPS) is 19.5. The number of nitrogens with zero attached hydrogens (tertiary/aromatic N) is 1. The minimum atomic E-state index is -0.379. The van der Waals surface area contributed by atoms with Gasteiger partial charge in [0.15, 0.2) is 0 Å². The minimum absolute atomic E-state index is 0.0327. The Bertz CT molecular complexity index is 991. The van der Waals surface area contributed by atoms with Crippen LogP contribution >= 0.6 is 11.8 Å². The number of carbonyl (C=O) groups is 3. The molecule has 160 valence electrons. The zero-order valence-electron chi connectivity index (χ0n) is 16.8. The average Bonchev–Trinajstić information content (AvgIpc) is 3.38. The quantitative estimate of drug-likeness (QED) is 0.681. The van der Waals surface area contributed by atoms with Gasteiger partial charge in [-0.1, -0.05) is 42.5 Å². The van der Waals surface area contributed by atoms with Crippen LogP contribution in [0.25, 0.3) is 6.08 Å². The van der Waals surface area contributed by atoms with Crippen molar-refractivity contribution >= 4 is 35.1 Å². The second kappa shape index (κ2) is 9.70. The van der Waals surface area contributed by atoms with Gasteiger partial charge in [-0.2, -0.15) is 0 Å². The first-order valence-electron chi connectivity index (χ1n) is 10.0. The van der Waals surface area contributed by atoms with Crippen molar-refractivity contribution in [1.29, 1.82) is 0 Å². The van der Waals surface area contributed by atoms with E-state index < -0.39 is 0 Å². The van der Waals surface area contributed by atoms with Crippen molar-refractivity contribution in [2.24, 2.45) is 0 Å². The highest BCUT2D eigenvalue weighted by atomic mass is 32.2. The number of thioether (sulfide) groups is 1. The molecule has 0 aliphatic carbocycles. The molecule has 0 bridgehead atoms. The summed E-state index contributed by atoms with van der Waals surface area (Å²) in [5.74, 6) is 0.294. The predicted octanol–water partition coefficient (Wildman–Crippen LogP) is 4.19. The summed E-state index contributed by atoms with van der Waals surface area (Å²) < 4.78 is 11.3. The Kier molecular flexibility index (Phi) is 6.57. The van der Waals surface area contributed by atoms with E-state index in [0.29, 0.717) is 23.8 Å². The molecule has 2 aliphatic rings. The third-order valence-corrected chi connectivity index (χ3v) is 5.89. The summed E-state index contributed by atoms with van der Waals surface area (Å²) in [7, 11) is 0. The number of ether oxygens (including phenoxy) is 2. The molecular formula is C23H22N2O5S. The molecule has 2 aromatic rings. The zero-order chi connectivity index (χ0) is 21.6. The van der Waals surface area contributed by atoms with E-state index >= 15 is 0 Å². The summed E-state index contributed by atoms with van der Waals surface area (Å²) in [4.78, 5) is 37.5. The van der Waals surface area contributed by atoms with Gasteiger partial charge in [0, 0.05) is 6.54 Å². The van der Waals surface area contributed by atoms with Crippen LogP contribution in [0, 0.1) is 0 Å². The molecule has 0 saturated carbocycles. The average molecular weight is 439 g/mol. The molecule has 8 heteroatoms. The standard InChI is InChI=1S/C23H22N2O5S/c26-21-20(31-22(27)24-21)13-16-8-10-19(11-9-16)29-15-18-7-4-12-25(18)23(28)30-14-17-5-2-1-3-6-17/h1-3,5-6,8-11,13,18H,4,7,12,14-15H2,(H,24,26,27)/b20-13+/t18-/m0/s1. The molecule has 4 rings (SSSR count). The topological polar surface area (TPSA) is 84.9 Å². The van der Waals surface area contributed by atoms with Crippen molar-refractivity contribution in [2.75, 3.05) is 13.2 Å². The lowest BCUT2D eigenvalue weighted by Gasteiger charge is -2.24. The van der Waals surface area contributed by atoms with Crippen molar-refractivity contribution in [3.63, 3.8) is 0 Å². The molecule has 31 heavy (non-hydrogen) atoms. The summed E-state index contributed by atoms with van der Waals surface area (Å²) in [6.45, 7) is 1.29. The molecule has 3 amide bonds. The molecule has 7 nitrogen and oxygen atoms in total. The molecule has 2 fully saturated rings. The van der Waals surface area contributed by atoms with Gasteiger partial charge >= 0.3 is 6.09 Å². The number of amides is 3. The van der Waals surface area contributed by atoms with E-state index in [4.69, 9.17) is 9.47 Å². The van der Waals surface area contributed by atoms with Crippen LogP contribution in [0.4, 0.5) is 9.59 Å². The Morgan fingerprint density at radius 1 is 1.13 bits per heavy atom. The maximum absolute atomic E-state index is 12.5. The molecule has 0 unspecified atom stereocenters. The van der Waals surface area contributed by atoms with Gasteiger partial charge in [0.1, 0.15) is 19.0 Å². The van der Waals surface area contributed by atoms with Crippen LogP contribution in [-0.4, -0.2) is 41.3 Å². The van der Waals surface area contributed by atoms with Crippen LogP contribution in [0.1, 0.15) is 24.0 Å². The summed E-state index contributed by atoms with van der Waals surface area (Å²) in [6, 6.07) is 16.8. The molecule has 2 saturated heterocycles. The van der Waals surface area contributed by atoms with Crippen LogP contribution in [-0.2, 0) is 16.1 Å². The van der Waals surface area contributed by atoms with E-state index in [9.17, 15) is 14.4 Å². The number of carbonyl (C=O) groups excluding carboxylic acids is 3. The van der Waals surface area contributed by atoms with Crippen molar-refractivity contribution in [3.05, 3.63) is 70.6 Å². The largest absolute Gasteiger partial charge is 0.491 e. The van der Waals surface area contributed by atoms with Gasteiger partial charge in [-0.05, 0) is 53.9 Å². The molecule has 2 aliphatic heterocycles. The monoisotopic (exact) mass is 438 g/mol. The number of imide groups is 1. The third-order valence-electron chi connectivity index (χ3n) is 5.08. The second-order valence-electron chi connectivity index (χ2n) is 7.26. The molecule has 1 atom stereocenters. The maximum Gasteiger partial charge on any atom is 0.410 e. The van der Waals surface area contributed by atoms with Crippen LogP contribution in [0.5, 0.6) is 5.75 Å². The van der Waals surface area contributed by atoms with E-state index in [1.807, 2.05) is 42.5 Å². The smallest absolute Gasteiger partial charge is 0.410 e. The highest BCUT2D eigenvalue weighted by molar-refractivity contribution is 8.18. The van der Waals surface area contributed by atoms with Gasteiger partial charge in [-0.3, -0.25) is 14.9 Å². The summed E-state index contributed by atoms with van der Waals surface area (Å²) >= 11 is 0.886. The number of rotatable bonds is 6. The van der Waals surface area contributed by atoms with Crippen LogP contribution < -0.4 is 10.1 Å². The Balaban J connectivity index is 1.29. The van der Waals surface area contributed by atoms with Crippen molar-refractivity contribution in [1.82, 2.24) is 10.2 Å². The van der Waals surface area contributed by atoms with E-state index in [0.717, 1.165) is 35.7 Å². The predicted molar refractivity (Wildman–Crippen MR) is 117 cm³/mol. The van der Waals surface area contributed by atoms with Gasteiger partial charge < -0.3 is 14.4 Å². The third kappa shape index (κ3) is 5.46. The Morgan fingerprint density at radius 3 is 2.61 bits per heavy atom. The summed E-state index contributed by atoms with van der Waals surface area (Å²) in [5.41, 5.74) is 1.75. The zero-order valence-corrected chi connectivity index (χ0v) is 17.6. The second-order valence-corrected chi connectivity index (χ2v) is 8.28. The summed E-state index contributed by atoms with van der Waals surface area (Å²) in [5, 5.41) is 1.87. The maximum atomic E-state index is 12.5. The summed E-state index contributed by atoms with van der Waals surface area (Å²) in [6.07, 6.45) is 3.12. The van der Waals surface area contributed by atoms with E-state index in [1.165, 1.54) is 0 Å². The number of nitrogens with one attached hydrogen (secondary N) is 1. The van der Waals surface area contributed by atoms with Gasteiger partial charge in [0.05, 0.1) is 10.9 Å². The van der Waals surface area contributed by atoms with Crippen molar-refractivity contribution < 1.29 is 23.9 Å². The fraction of sp³-hybridized carbons (Fsp3) is 0.261. The molecule has 0 spiro atoms. The van der Waals surface area contributed by atoms with Crippen LogP contribution in [0.15, 0.2) is 59.5 Å². The molecule has 0 radical (unpaired) electrons. The Morgan fingerprint density at radius 2 is 1.90 bits per heavy atom. The van der Waals surface area contributed by atoms with Gasteiger partial charge in [0.2, 0.25) is 0 Å². The van der Waals surface area contributed by atoms with Crippen LogP contribution in [0.2, 0.25) is 0 Å². The molecular weight excluding hydrogens is 416 g/mol. The first-order valence-corrected chi connectivity index (χ1v) is 10.9. The molecule has 2 heterocycles. The fourth-order valence-corrected chi connectivity index (χ4v) is 4.16. The number of hydrogen-bond acceptors (Lipinski definition) is 6. The lowest BCUT2D eigenvalue weighted by molar-refractivity contribution is -0.115. The van der Waals surface area contributed by atoms with Gasteiger partial charge in [0.25, 0.3) is 11.1 Å². The number of hydrogen-bond donors (Lipinski definition) is 1. The Hall–Kier alpha value is -3.26. The highest BCUT2D eigenvalue weighted by Crippen LogP contribution is 2.26. The van der Waals surface area contributed by atoms with Crippen molar-refractivity contribution in [3.8, 4) is 5.75 Å². The lowest BCUT2D eigenvalue weighted by Crippen LogP contribution is -2.39.